The molecule has 1 aliphatic rings. The van der Waals surface area contributed by atoms with Crippen LogP contribution in [0.15, 0.2) is 53.0 Å². The first-order valence-corrected chi connectivity index (χ1v) is 7.67. The van der Waals surface area contributed by atoms with Crippen molar-refractivity contribution in [3.8, 4) is 0 Å². The number of halogens is 1. The van der Waals surface area contributed by atoms with E-state index in [0.29, 0.717) is 12.3 Å². The molecule has 1 aliphatic carbocycles. The fourth-order valence-corrected chi connectivity index (χ4v) is 2.67. The minimum atomic E-state index is -0.455. The van der Waals surface area contributed by atoms with Crippen molar-refractivity contribution >= 4 is 27.6 Å². The zero-order chi connectivity index (χ0) is 14.9. The Labute approximate surface area is 132 Å². The molecule has 0 aromatic heterocycles. The Kier molecular flexibility index (Phi) is 3.72. The van der Waals surface area contributed by atoms with Crippen LogP contribution < -0.4 is 5.73 Å². The number of hydrogen-bond acceptors (Lipinski definition) is 3. The number of rotatable bonds is 4. The molecule has 0 atom stereocenters. The zero-order valence-electron chi connectivity index (χ0n) is 11.5. The lowest BCUT2D eigenvalue weighted by molar-refractivity contribution is -0.148. The van der Waals surface area contributed by atoms with Gasteiger partial charge in [0.2, 0.25) is 0 Å². The third kappa shape index (κ3) is 2.95. The summed E-state index contributed by atoms with van der Waals surface area (Å²) in [4.78, 5) is 12.4. The molecule has 0 unspecified atom stereocenters. The number of benzene rings is 2. The van der Waals surface area contributed by atoms with E-state index < -0.39 is 5.41 Å². The summed E-state index contributed by atoms with van der Waals surface area (Å²) in [5.74, 6) is -0.143. The van der Waals surface area contributed by atoms with Gasteiger partial charge in [-0.2, -0.15) is 0 Å². The first-order valence-electron chi connectivity index (χ1n) is 6.88. The molecule has 0 aliphatic heterocycles. The molecular weight excluding hydrogens is 330 g/mol. The van der Waals surface area contributed by atoms with Gasteiger partial charge in [-0.15, -0.1) is 0 Å². The van der Waals surface area contributed by atoms with Gasteiger partial charge in [0.15, 0.2) is 0 Å². The monoisotopic (exact) mass is 345 g/mol. The maximum absolute atomic E-state index is 12.4. The number of carbonyl (C=O) groups is 1. The van der Waals surface area contributed by atoms with Crippen molar-refractivity contribution in [2.75, 3.05) is 5.73 Å². The van der Waals surface area contributed by atoms with Crippen molar-refractivity contribution < 1.29 is 9.53 Å². The molecular formula is C17H16BrNO2. The van der Waals surface area contributed by atoms with Gasteiger partial charge < -0.3 is 10.5 Å². The molecule has 0 bridgehead atoms. The number of hydrogen-bond donors (Lipinski definition) is 1. The van der Waals surface area contributed by atoms with Crippen molar-refractivity contribution in [1.29, 1.82) is 0 Å². The molecule has 0 radical (unpaired) electrons. The lowest BCUT2D eigenvalue weighted by Crippen LogP contribution is -2.23. The summed E-state index contributed by atoms with van der Waals surface area (Å²) in [6.07, 6.45) is 1.69. The standard InChI is InChI=1S/C17H16BrNO2/c18-14-5-1-12(2-6-14)11-21-16(20)17(9-10-17)13-3-7-15(19)8-4-13/h1-8H,9-11,19H2. The van der Waals surface area contributed by atoms with E-state index in [9.17, 15) is 4.79 Å². The fourth-order valence-electron chi connectivity index (χ4n) is 2.41. The Morgan fingerprint density at radius 1 is 1.10 bits per heavy atom. The Balaban J connectivity index is 1.67. The number of nitrogen functional groups attached to an aromatic ring is 1. The molecule has 1 fully saturated rings. The van der Waals surface area contributed by atoms with E-state index in [1.807, 2.05) is 48.5 Å². The Hall–Kier alpha value is -1.81. The van der Waals surface area contributed by atoms with Crippen LogP contribution in [0.25, 0.3) is 0 Å². The molecule has 21 heavy (non-hydrogen) atoms. The number of carbonyl (C=O) groups excluding carboxylic acids is 1. The van der Waals surface area contributed by atoms with E-state index in [2.05, 4.69) is 15.9 Å². The van der Waals surface area contributed by atoms with Crippen LogP contribution in [0, 0.1) is 0 Å². The summed E-state index contributed by atoms with van der Waals surface area (Å²) in [5.41, 5.74) is 7.93. The molecule has 1 saturated carbocycles. The van der Waals surface area contributed by atoms with Crippen LogP contribution in [0.3, 0.4) is 0 Å². The van der Waals surface area contributed by atoms with Crippen LogP contribution in [0.2, 0.25) is 0 Å². The van der Waals surface area contributed by atoms with E-state index in [1.54, 1.807) is 0 Å². The molecule has 0 spiro atoms. The summed E-state index contributed by atoms with van der Waals surface area (Å²) < 4.78 is 6.51. The lowest BCUT2D eigenvalue weighted by Gasteiger charge is -2.15. The number of nitrogens with two attached hydrogens (primary N) is 1. The summed E-state index contributed by atoms with van der Waals surface area (Å²) in [7, 11) is 0. The van der Waals surface area contributed by atoms with Crippen LogP contribution >= 0.6 is 15.9 Å². The maximum atomic E-state index is 12.4. The largest absolute Gasteiger partial charge is 0.460 e. The molecule has 2 aromatic rings. The van der Waals surface area contributed by atoms with Crippen LogP contribution in [-0.4, -0.2) is 5.97 Å². The van der Waals surface area contributed by atoms with Crippen LogP contribution in [0.1, 0.15) is 24.0 Å². The van der Waals surface area contributed by atoms with Crippen molar-refractivity contribution in [3.63, 3.8) is 0 Å². The van der Waals surface area contributed by atoms with Gasteiger partial charge in [0.1, 0.15) is 6.61 Å². The van der Waals surface area contributed by atoms with Gasteiger partial charge in [0.05, 0.1) is 5.41 Å². The average molecular weight is 346 g/mol. The second kappa shape index (κ2) is 5.53. The number of anilines is 1. The molecule has 0 heterocycles. The van der Waals surface area contributed by atoms with Gasteiger partial charge in [-0.3, -0.25) is 4.79 Å². The third-order valence-corrected chi connectivity index (χ3v) is 4.42. The third-order valence-electron chi connectivity index (χ3n) is 3.89. The first-order chi connectivity index (χ1) is 10.1. The number of esters is 1. The highest BCUT2D eigenvalue weighted by Gasteiger charge is 2.52. The van der Waals surface area contributed by atoms with E-state index in [1.165, 1.54) is 0 Å². The summed E-state index contributed by atoms with van der Waals surface area (Å²) in [5, 5.41) is 0. The molecule has 3 nitrogen and oxygen atoms in total. The number of ether oxygens (including phenoxy) is 1. The van der Waals surface area contributed by atoms with Gasteiger partial charge in [0.25, 0.3) is 0 Å². The van der Waals surface area contributed by atoms with Gasteiger partial charge >= 0.3 is 5.97 Å². The van der Waals surface area contributed by atoms with Crippen molar-refractivity contribution in [1.82, 2.24) is 0 Å². The SMILES string of the molecule is Nc1ccc(C2(C(=O)OCc3ccc(Br)cc3)CC2)cc1. The average Bonchev–Trinajstić information content (AvgIpc) is 3.29. The molecule has 0 saturated heterocycles. The first kappa shape index (κ1) is 14.1. The second-order valence-corrected chi connectivity index (χ2v) is 6.32. The van der Waals surface area contributed by atoms with Gasteiger partial charge in [-0.25, -0.2) is 0 Å². The topological polar surface area (TPSA) is 52.3 Å². The molecule has 4 heteroatoms. The zero-order valence-corrected chi connectivity index (χ0v) is 13.1. The Bertz CT molecular complexity index is 645. The lowest BCUT2D eigenvalue weighted by atomic mass is 9.96. The smallest absolute Gasteiger partial charge is 0.316 e. The molecule has 3 rings (SSSR count). The van der Waals surface area contributed by atoms with Gasteiger partial charge in [-0.1, -0.05) is 40.2 Å². The predicted octanol–water partition coefficient (Wildman–Crippen LogP) is 3.81. The second-order valence-electron chi connectivity index (χ2n) is 5.41. The van der Waals surface area contributed by atoms with Crippen LogP contribution in [0.4, 0.5) is 5.69 Å². The minimum Gasteiger partial charge on any atom is -0.460 e. The van der Waals surface area contributed by atoms with E-state index in [-0.39, 0.29) is 5.97 Å². The van der Waals surface area contributed by atoms with Crippen molar-refractivity contribution in [2.24, 2.45) is 0 Å². The van der Waals surface area contributed by atoms with E-state index in [0.717, 1.165) is 28.4 Å². The fraction of sp³-hybridized carbons (Fsp3) is 0.235. The Morgan fingerprint density at radius 2 is 1.71 bits per heavy atom. The molecule has 2 aromatic carbocycles. The summed E-state index contributed by atoms with van der Waals surface area (Å²) in [6, 6.07) is 15.3. The highest BCUT2D eigenvalue weighted by atomic mass is 79.9. The predicted molar refractivity (Wildman–Crippen MR) is 85.7 cm³/mol. The maximum Gasteiger partial charge on any atom is 0.316 e. The summed E-state index contributed by atoms with van der Waals surface area (Å²) in [6.45, 7) is 0.308. The van der Waals surface area contributed by atoms with E-state index in [4.69, 9.17) is 10.5 Å². The quantitative estimate of drug-likeness (QED) is 0.677. The minimum absolute atomic E-state index is 0.143. The summed E-state index contributed by atoms with van der Waals surface area (Å²) >= 11 is 3.39. The normalized spacial score (nSPS) is 15.5. The van der Waals surface area contributed by atoms with Crippen LogP contribution in [-0.2, 0) is 21.6 Å². The highest BCUT2D eigenvalue weighted by Crippen LogP contribution is 2.49. The van der Waals surface area contributed by atoms with Gasteiger partial charge in [0, 0.05) is 10.2 Å². The molecule has 0 amide bonds. The van der Waals surface area contributed by atoms with Gasteiger partial charge in [-0.05, 0) is 48.2 Å². The van der Waals surface area contributed by atoms with Crippen LogP contribution in [0.5, 0.6) is 0 Å². The molecule has 108 valence electrons. The highest BCUT2D eigenvalue weighted by molar-refractivity contribution is 9.10. The Morgan fingerprint density at radius 3 is 2.29 bits per heavy atom. The van der Waals surface area contributed by atoms with Crippen molar-refractivity contribution in [3.05, 3.63) is 64.1 Å². The van der Waals surface area contributed by atoms with Crippen molar-refractivity contribution in [2.45, 2.75) is 24.9 Å². The molecule has 2 N–H and O–H groups in total. The van der Waals surface area contributed by atoms with E-state index >= 15 is 0 Å².